The summed E-state index contributed by atoms with van der Waals surface area (Å²) in [7, 11) is 0. The zero-order chi connectivity index (χ0) is 14.1. The van der Waals surface area contributed by atoms with Gasteiger partial charge in [-0.2, -0.15) is 0 Å². The molecule has 2 N–H and O–H groups in total. The summed E-state index contributed by atoms with van der Waals surface area (Å²) >= 11 is 0. The molecule has 0 atom stereocenters. The van der Waals surface area contributed by atoms with Gasteiger partial charge in [0.25, 0.3) is 0 Å². The number of nitrogens with two attached hydrogens (primary N) is 1. The molecule has 0 bridgehead atoms. The Morgan fingerprint density at radius 3 is 2.50 bits per heavy atom. The third kappa shape index (κ3) is 2.16. The summed E-state index contributed by atoms with van der Waals surface area (Å²) in [4.78, 5) is 0. The molecule has 1 aromatic heterocycles. The van der Waals surface area contributed by atoms with Crippen LogP contribution in [0, 0.1) is 12.7 Å². The van der Waals surface area contributed by atoms with Gasteiger partial charge in [0.05, 0.1) is 5.56 Å². The zero-order valence-electron chi connectivity index (χ0n) is 10.9. The van der Waals surface area contributed by atoms with Gasteiger partial charge in [-0.05, 0) is 36.8 Å². The van der Waals surface area contributed by atoms with Crippen LogP contribution in [0.4, 0.5) is 10.2 Å². The summed E-state index contributed by atoms with van der Waals surface area (Å²) in [5.74, 6) is 0.585. The van der Waals surface area contributed by atoms with Gasteiger partial charge >= 0.3 is 0 Å². The molecule has 0 amide bonds. The summed E-state index contributed by atoms with van der Waals surface area (Å²) in [6.07, 6.45) is 0. The minimum atomic E-state index is -0.293. The third-order valence-electron chi connectivity index (χ3n) is 3.13. The number of nitrogens with zero attached hydrogens (tertiary/aromatic N) is 1. The molecule has 0 radical (unpaired) electrons. The SMILES string of the molecule is Cc1cccc(-c2c(N)noc2-c2ccc(F)cc2)c1. The van der Waals surface area contributed by atoms with Crippen LogP contribution >= 0.6 is 0 Å². The fourth-order valence-corrected chi connectivity index (χ4v) is 2.18. The number of nitrogen functional groups attached to an aromatic ring is 1. The standard InChI is InChI=1S/C16H13FN2O/c1-10-3-2-4-12(9-10)14-15(20-19-16(14)18)11-5-7-13(17)8-6-11/h2-9H,1H3,(H2,18,19). The van der Waals surface area contributed by atoms with Gasteiger partial charge in [0.15, 0.2) is 11.6 Å². The summed E-state index contributed by atoms with van der Waals surface area (Å²) < 4.78 is 18.3. The van der Waals surface area contributed by atoms with Crippen molar-refractivity contribution < 1.29 is 8.91 Å². The summed E-state index contributed by atoms with van der Waals surface area (Å²) in [5.41, 5.74) is 9.44. The zero-order valence-corrected chi connectivity index (χ0v) is 10.9. The van der Waals surface area contributed by atoms with E-state index in [-0.39, 0.29) is 5.82 Å². The summed E-state index contributed by atoms with van der Waals surface area (Å²) in [6, 6.07) is 14.0. The van der Waals surface area contributed by atoms with Gasteiger partial charge in [0.2, 0.25) is 0 Å². The number of hydrogen-bond acceptors (Lipinski definition) is 3. The Balaban J connectivity index is 2.17. The first kappa shape index (κ1) is 12.4. The minimum absolute atomic E-state index is 0.293. The summed E-state index contributed by atoms with van der Waals surface area (Å²) in [6.45, 7) is 2.00. The van der Waals surface area contributed by atoms with Crippen LogP contribution < -0.4 is 5.73 Å². The number of aryl methyl sites for hydroxylation is 1. The van der Waals surface area contributed by atoms with E-state index in [9.17, 15) is 4.39 Å². The predicted octanol–water partition coefficient (Wildman–Crippen LogP) is 4.04. The maximum atomic E-state index is 13.0. The second kappa shape index (κ2) is 4.81. The van der Waals surface area contributed by atoms with Crippen LogP contribution in [0.25, 0.3) is 22.5 Å². The van der Waals surface area contributed by atoms with E-state index in [0.717, 1.165) is 22.3 Å². The predicted molar refractivity (Wildman–Crippen MR) is 76.5 cm³/mol. The van der Waals surface area contributed by atoms with E-state index in [1.165, 1.54) is 12.1 Å². The lowest BCUT2D eigenvalue weighted by molar-refractivity contribution is 0.436. The first-order valence-electron chi connectivity index (χ1n) is 6.23. The van der Waals surface area contributed by atoms with Crippen molar-refractivity contribution in [1.29, 1.82) is 0 Å². The van der Waals surface area contributed by atoms with Crippen LogP contribution in [-0.2, 0) is 0 Å². The topological polar surface area (TPSA) is 52.0 Å². The van der Waals surface area contributed by atoms with Crippen LogP contribution in [0.5, 0.6) is 0 Å². The Morgan fingerprint density at radius 1 is 1.05 bits per heavy atom. The van der Waals surface area contributed by atoms with Crippen molar-refractivity contribution in [3.63, 3.8) is 0 Å². The van der Waals surface area contributed by atoms with Crippen LogP contribution in [0.1, 0.15) is 5.56 Å². The largest absolute Gasteiger partial charge is 0.380 e. The van der Waals surface area contributed by atoms with Crippen LogP contribution in [-0.4, -0.2) is 5.16 Å². The van der Waals surface area contributed by atoms with Gasteiger partial charge in [-0.3, -0.25) is 0 Å². The molecule has 1 heterocycles. The maximum absolute atomic E-state index is 13.0. The van der Waals surface area contributed by atoms with Gasteiger partial charge in [-0.25, -0.2) is 4.39 Å². The van der Waals surface area contributed by atoms with Gasteiger partial charge < -0.3 is 10.3 Å². The van der Waals surface area contributed by atoms with Crippen molar-refractivity contribution in [2.24, 2.45) is 0 Å². The molecule has 4 heteroatoms. The molecule has 0 aliphatic rings. The van der Waals surface area contributed by atoms with Crippen molar-refractivity contribution in [1.82, 2.24) is 5.16 Å². The molecule has 0 aliphatic heterocycles. The monoisotopic (exact) mass is 268 g/mol. The van der Waals surface area contributed by atoms with E-state index in [1.807, 2.05) is 31.2 Å². The molecular weight excluding hydrogens is 255 g/mol. The normalized spacial score (nSPS) is 10.7. The summed E-state index contributed by atoms with van der Waals surface area (Å²) in [5, 5.41) is 3.83. The lowest BCUT2D eigenvalue weighted by Gasteiger charge is -2.04. The highest BCUT2D eigenvalue weighted by atomic mass is 19.1. The van der Waals surface area contributed by atoms with E-state index in [4.69, 9.17) is 10.3 Å². The quantitative estimate of drug-likeness (QED) is 0.763. The van der Waals surface area contributed by atoms with Crippen LogP contribution in [0.3, 0.4) is 0 Å². The Kier molecular flexibility index (Phi) is 2.99. The Labute approximate surface area is 115 Å². The molecule has 0 spiro atoms. The molecular formula is C16H13FN2O. The first-order chi connectivity index (χ1) is 9.65. The molecule has 0 saturated carbocycles. The van der Waals surface area contributed by atoms with Gasteiger partial charge in [0.1, 0.15) is 5.82 Å². The van der Waals surface area contributed by atoms with E-state index in [0.29, 0.717) is 11.6 Å². The second-order valence-electron chi connectivity index (χ2n) is 4.65. The second-order valence-corrected chi connectivity index (χ2v) is 4.65. The van der Waals surface area contributed by atoms with Crippen LogP contribution in [0.2, 0.25) is 0 Å². The maximum Gasteiger partial charge on any atom is 0.176 e. The molecule has 0 fully saturated rings. The molecule has 3 nitrogen and oxygen atoms in total. The van der Waals surface area contributed by atoms with E-state index < -0.39 is 0 Å². The lowest BCUT2D eigenvalue weighted by Crippen LogP contribution is -1.89. The number of anilines is 1. The molecule has 3 rings (SSSR count). The van der Waals surface area contributed by atoms with Crippen molar-refractivity contribution in [3.8, 4) is 22.5 Å². The average Bonchev–Trinajstić information content (AvgIpc) is 2.81. The highest BCUT2D eigenvalue weighted by Gasteiger charge is 2.17. The fraction of sp³-hybridized carbons (Fsp3) is 0.0625. The van der Waals surface area contributed by atoms with E-state index in [2.05, 4.69) is 5.16 Å². The molecule has 2 aromatic carbocycles. The van der Waals surface area contributed by atoms with E-state index in [1.54, 1.807) is 12.1 Å². The highest BCUT2D eigenvalue weighted by molar-refractivity contribution is 5.86. The average molecular weight is 268 g/mol. The molecule has 3 aromatic rings. The lowest BCUT2D eigenvalue weighted by atomic mass is 10.00. The molecule has 100 valence electrons. The number of hydrogen-bond donors (Lipinski definition) is 1. The van der Waals surface area contributed by atoms with Gasteiger partial charge in [-0.1, -0.05) is 35.0 Å². The van der Waals surface area contributed by atoms with Crippen LogP contribution in [0.15, 0.2) is 53.1 Å². The van der Waals surface area contributed by atoms with Crippen molar-refractivity contribution in [2.45, 2.75) is 6.92 Å². The Bertz CT molecular complexity index is 747. The van der Waals surface area contributed by atoms with Gasteiger partial charge in [-0.15, -0.1) is 0 Å². The Morgan fingerprint density at radius 2 is 1.80 bits per heavy atom. The molecule has 20 heavy (non-hydrogen) atoms. The van der Waals surface area contributed by atoms with Gasteiger partial charge in [0, 0.05) is 5.56 Å². The van der Waals surface area contributed by atoms with Crippen molar-refractivity contribution in [2.75, 3.05) is 5.73 Å². The minimum Gasteiger partial charge on any atom is -0.380 e. The highest BCUT2D eigenvalue weighted by Crippen LogP contribution is 2.36. The number of rotatable bonds is 2. The smallest absolute Gasteiger partial charge is 0.176 e. The number of halogens is 1. The first-order valence-corrected chi connectivity index (χ1v) is 6.23. The van der Waals surface area contributed by atoms with Crippen molar-refractivity contribution >= 4 is 5.82 Å². The fourth-order valence-electron chi connectivity index (χ4n) is 2.18. The molecule has 0 saturated heterocycles. The Hall–Kier alpha value is -2.62. The van der Waals surface area contributed by atoms with E-state index >= 15 is 0 Å². The number of aromatic nitrogens is 1. The van der Waals surface area contributed by atoms with Crippen molar-refractivity contribution in [3.05, 3.63) is 59.9 Å². The third-order valence-corrected chi connectivity index (χ3v) is 3.13. The number of benzene rings is 2. The molecule has 0 aliphatic carbocycles. The molecule has 0 unspecified atom stereocenters.